The van der Waals surface area contributed by atoms with Gasteiger partial charge in [-0.3, -0.25) is 24.3 Å². The molecule has 0 aliphatic carbocycles. The van der Waals surface area contributed by atoms with Crippen LogP contribution >= 0.6 is 11.8 Å². The smallest absolute Gasteiger partial charge is 0.266 e. The number of thioether (sulfide) groups is 1. The number of benzene rings is 3. The van der Waals surface area contributed by atoms with E-state index >= 15 is 0 Å². The van der Waals surface area contributed by atoms with Crippen LogP contribution in [0.15, 0.2) is 76.7 Å². The third kappa shape index (κ3) is 4.87. The lowest BCUT2D eigenvalue weighted by Crippen LogP contribution is -2.32. The van der Waals surface area contributed by atoms with Crippen molar-refractivity contribution < 1.29 is 14.3 Å². The largest absolute Gasteiger partial charge is 0.497 e. The Morgan fingerprint density at radius 1 is 1.03 bits per heavy atom. The number of carbonyl (C=O) groups is 2. The molecule has 0 saturated heterocycles. The average molecular weight is 474 g/mol. The van der Waals surface area contributed by atoms with Crippen LogP contribution in [0.1, 0.15) is 21.5 Å². The molecule has 0 unspecified atom stereocenters. The van der Waals surface area contributed by atoms with Gasteiger partial charge in [0.15, 0.2) is 5.16 Å². The molecule has 172 valence electrons. The van der Waals surface area contributed by atoms with Crippen molar-refractivity contribution >= 4 is 34.5 Å². The van der Waals surface area contributed by atoms with E-state index < -0.39 is 11.8 Å². The van der Waals surface area contributed by atoms with Crippen molar-refractivity contribution in [2.75, 3.05) is 12.9 Å². The number of hydrogen-bond donors (Lipinski definition) is 1. The summed E-state index contributed by atoms with van der Waals surface area (Å²) in [5.74, 6) is -0.463. The van der Waals surface area contributed by atoms with Gasteiger partial charge in [-0.05, 0) is 61.9 Å². The molecule has 0 saturated carbocycles. The number of ether oxygens (including phenoxy) is 1. The van der Waals surface area contributed by atoms with Gasteiger partial charge in [-0.2, -0.15) is 0 Å². The summed E-state index contributed by atoms with van der Waals surface area (Å²) in [5.41, 5.74) is 3.37. The predicted molar refractivity (Wildman–Crippen MR) is 133 cm³/mol. The number of fused-ring (bicyclic) bond motifs is 1. The Kier molecular flexibility index (Phi) is 6.79. The summed E-state index contributed by atoms with van der Waals surface area (Å²) in [6, 6.07) is 19.4. The third-order valence-corrected chi connectivity index (χ3v) is 6.21. The Labute approximate surface area is 200 Å². The minimum Gasteiger partial charge on any atom is -0.497 e. The topological polar surface area (TPSA) is 90.3 Å². The molecular weight excluding hydrogens is 450 g/mol. The Bertz CT molecular complexity index is 1450. The van der Waals surface area contributed by atoms with Gasteiger partial charge in [0.05, 0.1) is 29.5 Å². The molecule has 0 atom stereocenters. The van der Waals surface area contributed by atoms with Gasteiger partial charge in [0.25, 0.3) is 11.5 Å². The number of imide groups is 1. The number of nitrogens with zero attached hydrogens (tertiary/aromatic N) is 2. The normalized spacial score (nSPS) is 10.8. The summed E-state index contributed by atoms with van der Waals surface area (Å²) in [6.45, 7) is 3.91. The van der Waals surface area contributed by atoms with Crippen LogP contribution in [-0.4, -0.2) is 34.2 Å². The van der Waals surface area contributed by atoms with Crippen molar-refractivity contribution in [3.63, 3.8) is 0 Å². The van der Waals surface area contributed by atoms with E-state index in [4.69, 9.17) is 4.74 Å². The molecule has 0 bridgehead atoms. The maximum absolute atomic E-state index is 13.4. The van der Waals surface area contributed by atoms with E-state index in [1.807, 2.05) is 38.1 Å². The molecule has 7 nitrogen and oxygen atoms in total. The molecule has 0 radical (unpaired) electrons. The maximum Gasteiger partial charge on any atom is 0.266 e. The summed E-state index contributed by atoms with van der Waals surface area (Å²) < 4.78 is 6.61. The number of methoxy groups -OCH3 is 1. The first-order valence-corrected chi connectivity index (χ1v) is 11.6. The third-order valence-electron chi connectivity index (χ3n) is 5.28. The molecular formula is C26H23N3O4S. The van der Waals surface area contributed by atoms with E-state index in [1.54, 1.807) is 42.5 Å². The lowest BCUT2D eigenvalue weighted by atomic mass is 10.1. The number of rotatable bonds is 6. The van der Waals surface area contributed by atoms with Crippen LogP contribution in [0.4, 0.5) is 0 Å². The van der Waals surface area contributed by atoms with Crippen LogP contribution in [0, 0.1) is 13.8 Å². The molecule has 0 aliphatic rings. The maximum atomic E-state index is 13.4. The van der Waals surface area contributed by atoms with Gasteiger partial charge in [-0.1, -0.05) is 41.6 Å². The van der Waals surface area contributed by atoms with Gasteiger partial charge in [0.1, 0.15) is 5.75 Å². The van der Waals surface area contributed by atoms with Gasteiger partial charge in [0, 0.05) is 5.56 Å². The Morgan fingerprint density at radius 2 is 1.76 bits per heavy atom. The molecule has 34 heavy (non-hydrogen) atoms. The first-order valence-electron chi connectivity index (χ1n) is 10.6. The van der Waals surface area contributed by atoms with Crippen molar-refractivity contribution in [3.8, 4) is 11.4 Å². The van der Waals surface area contributed by atoms with Crippen LogP contribution in [-0.2, 0) is 4.79 Å². The summed E-state index contributed by atoms with van der Waals surface area (Å²) in [4.78, 5) is 43.0. The number of aryl methyl sites for hydroxylation is 2. The molecule has 1 N–H and O–H groups in total. The molecule has 0 spiro atoms. The highest BCUT2D eigenvalue weighted by Gasteiger charge is 2.17. The van der Waals surface area contributed by atoms with E-state index in [2.05, 4.69) is 10.3 Å². The molecule has 1 heterocycles. The first kappa shape index (κ1) is 23.3. The van der Waals surface area contributed by atoms with Gasteiger partial charge in [0.2, 0.25) is 5.91 Å². The second-order valence-electron chi connectivity index (χ2n) is 7.74. The van der Waals surface area contributed by atoms with Gasteiger partial charge in [-0.15, -0.1) is 0 Å². The highest BCUT2D eigenvalue weighted by molar-refractivity contribution is 7.99. The second kappa shape index (κ2) is 9.93. The van der Waals surface area contributed by atoms with Gasteiger partial charge >= 0.3 is 0 Å². The van der Waals surface area contributed by atoms with Crippen LogP contribution in [0.3, 0.4) is 0 Å². The Morgan fingerprint density at radius 3 is 2.47 bits per heavy atom. The standard InChI is InChI=1S/C26H23N3O4S/c1-16-8-13-22(17(2)14-16)29-25(32)20-6-4-5-7-21(20)27-26(29)34-15-23(30)28-24(31)18-9-11-19(33-3)12-10-18/h4-14H,15H2,1-3H3,(H,28,30,31). The van der Waals surface area contributed by atoms with Crippen LogP contribution in [0.25, 0.3) is 16.6 Å². The van der Waals surface area contributed by atoms with Gasteiger partial charge in [-0.25, -0.2) is 4.98 Å². The number of para-hydroxylation sites is 1. The van der Waals surface area contributed by atoms with Crippen molar-refractivity contribution in [2.24, 2.45) is 0 Å². The van der Waals surface area contributed by atoms with Crippen LogP contribution in [0.2, 0.25) is 0 Å². The summed E-state index contributed by atoms with van der Waals surface area (Å²) in [6.07, 6.45) is 0. The van der Waals surface area contributed by atoms with Crippen molar-refractivity contribution in [3.05, 3.63) is 93.8 Å². The first-order chi connectivity index (χ1) is 16.4. The predicted octanol–water partition coefficient (Wildman–Crippen LogP) is 4.06. The molecule has 2 amide bonds. The fourth-order valence-corrected chi connectivity index (χ4v) is 4.39. The average Bonchev–Trinajstić information content (AvgIpc) is 2.83. The Balaban J connectivity index is 1.61. The minimum atomic E-state index is -0.508. The zero-order chi connectivity index (χ0) is 24.2. The number of hydrogen-bond acceptors (Lipinski definition) is 6. The summed E-state index contributed by atoms with van der Waals surface area (Å²) in [5, 5.41) is 3.25. The quantitative estimate of drug-likeness (QED) is 0.336. The summed E-state index contributed by atoms with van der Waals surface area (Å²) >= 11 is 1.10. The van der Waals surface area contributed by atoms with E-state index in [0.29, 0.717) is 33.1 Å². The number of aromatic nitrogens is 2. The SMILES string of the molecule is COc1ccc(C(=O)NC(=O)CSc2nc3ccccc3c(=O)n2-c2ccc(C)cc2C)cc1. The number of amides is 2. The lowest BCUT2D eigenvalue weighted by Gasteiger charge is -2.15. The molecule has 3 aromatic carbocycles. The zero-order valence-corrected chi connectivity index (χ0v) is 19.8. The molecule has 1 aromatic heterocycles. The highest BCUT2D eigenvalue weighted by Crippen LogP contribution is 2.23. The van der Waals surface area contributed by atoms with E-state index in [-0.39, 0.29) is 11.3 Å². The second-order valence-corrected chi connectivity index (χ2v) is 8.68. The van der Waals surface area contributed by atoms with Crippen LogP contribution < -0.4 is 15.6 Å². The fourth-order valence-electron chi connectivity index (χ4n) is 3.59. The number of carbonyl (C=O) groups excluding carboxylic acids is 2. The molecule has 4 rings (SSSR count). The van der Waals surface area contributed by atoms with Crippen LogP contribution in [0.5, 0.6) is 5.75 Å². The molecule has 4 aromatic rings. The zero-order valence-electron chi connectivity index (χ0n) is 19.0. The van der Waals surface area contributed by atoms with Gasteiger partial charge < -0.3 is 4.74 Å². The molecule has 0 fully saturated rings. The monoisotopic (exact) mass is 473 g/mol. The lowest BCUT2D eigenvalue weighted by molar-refractivity contribution is -0.117. The van der Waals surface area contributed by atoms with Crippen molar-refractivity contribution in [2.45, 2.75) is 19.0 Å². The van der Waals surface area contributed by atoms with E-state index in [0.717, 1.165) is 22.9 Å². The number of nitrogens with one attached hydrogen (secondary N) is 1. The highest BCUT2D eigenvalue weighted by atomic mass is 32.2. The fraction of sp³-hybridized carbons (Fsp3) is 0.154. The van der Waals surface area contributed by atoms with E-state index in [1.165, 1.54) is 11.7 Å². The van der Waals surface area contributed by atoms with Crippen molar-refractivity contribution in [1.82, 2.24) is 14.9 Å². The summed E-state index contributed by atoms with van der Waals surface area (Å²) in [7, 11) is 1.54. The van der Waals surface area contributed by atoms with E-state index in [9.17, 15) is 14.4 Å². The van der Waals surface area contributed by atoms with Crippen molar-refractivity contribution in [1.29, 1.82) is 0 Å². The Hall–Kier alpha value is -3.91. The molecule has 0 aliphatic heterocycles. The molecule has 8 heteroatoms. The minimum absolute atomic E-state index is 0.0857.